The number of carbonyl (C=O) groups is 2. The number of nitrogens with one attached hydrogen (secondary N) is 2. The molecular weight excluding hydrogens is 328 g/mol. The van der Waals surface area contributed by atoms with Gasteiger partial charge in [-0.3, -0.25) is 9.59 Å². The molecule has 138 valence electrons. The zero-order valence-electron chi connectivity index (χ0n) is 15.5. The van der Waals surface area contributed by atoms with Gasteiger partial charge in [-0.25, -0.2) is 0 Å². The van der Waals surface area contributed by atoms with Gasteiger partial charge in [0.15, 0.2) is 6.61 Å². The molecular formula is C21H26N2O3. The van der Waals surface area contributed by atoms with Crippen molar-refractivity contribution < 1.29 is 14.3 Å². The highest BCUT2D eigenvalue weighted by Crippen LogP contribution is 2.24. The molecule has 0 atom stereocenters. The van der Waals surface area contributed by atoms with Gasteiger partial charge in [0.1, 0.15) is 5.75 Å². The molecule has 0 aliphatic heterocycles. The fraction of sp³-hybridized carbons (Fsp3) is 0.333. The highest BCUT2D eigenvalue weighted by Gasteiger charge is 2.13. The SMILES string of the molecule is CC(C)(C)c1ccc(OCC(=O)NCC(=O)NCc2ccccc2)cc1. The number of hydrogen-bond donors (Lipinski definition) is 2. The van der Waals surface area contributed by atoms with Crippen LogP contribution >= 0.6 is 0 Å². The fourth-order valence-electron chi connectivity index (χ4n) is 2.29. The molecule has 0 fully saturated rings. The van der Waals surface area contributed by atoms with Gasteiger partial charge >= 0.3 is 0 Å². The summed E-state index contributed by atoms with van der Waals surface area (Å²) in [7, 11) is 0. The highest BCUT2D eigenvalue weighted by atomic mass is 16.5. The first kappa shape index (κ1) is 19.5. The summed E-state index contributed by atoms with van der Waals surface area (Å²) in [5, 5.41) is 5.30. The van der Waals surface area contributed by atoms with Crippen molar-refractivity contribution in [1.82, 2.24) is 10.6 Å². The average molecular weight is 354 g/mol. The molecule has 0 aliphatic rings. The molecule has 2 aromatic carbocycles. The smallest absolute Gasteiger partial charge is 0.258 e. The molecule has 5 nitrogen and oxygen atoms in total. The summed E-state index contributed by atoms with van der Waals surface area (Å²) >= 11 is 0. The zero-order valence-corrected chi connectivity index (χ0v) is 15.5. The van der Waals surface area contributed by atoms with Gasteiger partial charge in [0.2, 0.25) is 5.91 Å². The third-order valence-electron chi connectivity index (χ3n) is 3.87. The van der Waals surface area contributed by atoms with E-state index in [0.29, 0.717) is 12.3 Å². The van der Waals surface area contributed by atoms with Gasteiger partial charge in [0, 0.05) is 6.54 Å². The lowest BCUT2D eigenvalue weighted by Crippen LogP contribution is -2.38. The fourth-order valence-corrected chi connectivity index (χ4v) is 2.29. The van der Waals surface area contributed by atoms with Crippen molar-refractivity contribution in [2.45, 2.75) is 32.7 Å². The molecule has 0 spiro atoms. The summed E-state index contributed by atoms with van der Waals surface area (Å²) in [6, 6.07) is 17.3. The Hall–Kier alpha value is -2.82. The van der Waals surface area contributed by atoms with Gasteiger partial charge < -0.3 is 15.4 Å². The zero-order chi connectivity index (χ0) is 19.0. The van der Waals surface area contributed by atoms with E-state index in [1.165, 1.54) is 5.56 Å². The lowest BCUT2D eigenvalue weighted by molar-refractivity contribution is -0.127. The summed E-state index contributed by atoms with van der Waals surface area (Å²) in [6.45, 7) is 6.66. The second kappa shape index (κ2) is 9.04. The normalized spacial score (nSPS) is 10.9. The first-order valence-corrected chi connectivity index (χ1v) is 8.65. The van der Waals surface area contributed by atoms with E-state index in [2.05, 4.69) is 31.4 Å². The van der Waals surface area contributed by atoms with Crippen LogP contribution in [0.5, 0.6) is 5.75 Å². The summed E-state index contributed by atoms with van der Waals surface area (Å²) in [5.41, 5.74) is 2.28. The van der Waals surface area contributed by atoms with E-state index in [0.717, 1.165) is 5.56 Å². The number of ether oxygens (including phenoxy) is 1. The van der Waals surface area contributed by atoms with Crippen LogP contribution in [-0.2, 0) is 21.5 Å². The first-order chi connectivity index (χ1) is 12.3. The minimum atomic E-state index is -0.334. The standard InChI is InChI=1S/C21H26N2O3/c1-21(2,3)17-9-11-18(12-10-17)26-15-20(25)23-14-19(24)22-13-16-7-5-4-6-8-16/h4-12H,13-15H2,1-3H3,(H,22,24)(H,23,25). The van der Waals surface area contributed by atoms with Crippen molar-refractivity contribution in [3.05, 3.63) is 65.7 Å². The van der Waals surface area contributed by atoms with Crippen molar-refractivity contribution in [1.29, 1.82) is 0 Å². The van der Waals surface area contributed by atoms with Crippen LogP contribution < -0.4 is 15.4 Å². The van der Waals surface area contributed by atoms with Crippen molar-refractivity contribution in [3.63, 3.8) is 0 Å². The molecule has 2 amide bonds. The van der Waals surface area contributed by atoms with E-state index < -0.39 is 0 Å². The lowest BCUT2D eigenvalue weighted by Gasteiger charge is -2.19. The van der Waals surface area contributed by atoms with Gasteiger partial charge in [-0.1, -0.05) is 63.2 Å². The molecule has 2 rings (SSSR count). The minimum Gasteiger partial charge on any atom is -0.484 e. The van der Waals surface area contributed by atoms with Gasteiger partial charge in [-0.15, -0.1) is 0 Å². The van der Waals surface area contributed by atoms with E-state index >= 15 is 0 Å². The molecule has 2 aromatic rings. The van der Waals surface area contributed by atoms with Crippen molar-refractivity contribution in [2.24, 2.45) is 0 Å². The summed E-state index contributed by atoms with van der Waals surface area (Å²) in [4.78, 5) is 23.6. The molecule has 2 N–H and O–H groups in total. The van der Waals surface area contributed by atoms with Gasteiger partial charge in [-0.2, -0.15) is 0 Å². The Morgan fingerprint density at radius 3 is 2.15 bits per heavy atom. The topological polar surface area (TPSA) is 67.4 Å². The summed E-state index contributed by atoms with van der Waals surface area (Å²) < 4.78 is 5.45. The second-order valence-electron chi connectivity index (χ2n) is 7.10. The predicted molar refractivity (Wildman–Crippen MR) is 102 cm³/mol. The van der Waals surface area contributed by atoms with Crippen LogP contribution in [0.15, 0.2) is 54.6 Å². The molecule has 0 saturated heterocycles. The van der Waals surface area contributed by atoms with Crippen LogP contribution in [0.4, 0.5) is 0 Å². The first-order valence-electron chi connectivity index (χ1n) is 8.65. The van der Waals surface area contributed by atoms with Crippen molar-refractivity contribution in [3.8, 4) is 5.75 Å². The van der Waals surface area contributed by atoms with Gasteiger partial charge in [-0.05, 0) is 28.7 Å². The van der Waals surface area contributed by atoms with E-state index in [4.69, 9.17) is 4.74 Å². The molecule has 0 saturated carbocycles. The maximum Gasteiger partial charge on any atom is 0.258 e. The second-order valence-corrected chi connectivity index (χ2v) is 7.10. The van der Waals surface area contributed by atoms with Crippen molar-refractivity contribution in [2.75, 3.05) is 13.2 Å². The van der Waals surface area contributed by atoms with E-state index in [1.54, 1.807) is 0 Å². The Morgan fingerprint density at radius 2 is 1.54 bits per heavy atom. The number of hydrogen-bond acceptors (Lipinski definition) is 3. The number of amides is 2. The van der Waals surface area contributed by atoms with E-state index in [9.17, 15) is 9.59 Å². The monoisotopic (exact) mass is 354 g/mol. The van der Waals surface area contributed by atoms with Crippen LogP contribution in [-0.4, -0.2) is 25.0 Å². The molecule has 0 radical (unpaired) electrons. The lowest BCUT2D eigenvalue weighted by atomic mass is 9.87. The Bertz CT molecular complexity index is 719. The molecule has 26 heavy (non-hydrogen) atoms. The van der Waals surface area contributed by atoms with Crippen LogP contribution in [0.1, 0.15) is 31.9 Å². The Morgan fingerprint density at radius 1 is 0.885 bits per heavy atom. The quantitative estimate of drug-likeness (QED) is 0.803. The van der Waals surface area contributed by atoms with E-state index in [1.807, 2.05) is 54.6 Å². The van der Waals surface area contributed by atoms with Gasteiger partial charge in [0.05, 0.1) is 6.54 Å². The Balaban J connectivity index is 1.67. The number of benzene rings is 2. The van der Waals surface area contributed by atoms with Crippen molar-refractivity contribution >= 4 is 11.8 Å². The Kier molecular flexibility index (Phi) is 6.78. The van der Waals surface area contributed by atoms with Crippen LogP contribution in [0, 0.1) is 0 Å². The van der Waals surface area contributed by atoms with Gasteiger partial charge in [0.25, 0.3) is 5.91 Å². The summed E-state index contributed by atoms with van der Waals surface area (Å²) in [5.74, 6) is 0.0539. The van der Waals surface area contributed by atoms with E-state index in [-0.39, 0.29) is 30.4 Å². The molecule has 5 heteroatoms. The molecule has 0 aromatic heterocycles. The number of rotatable bonds is 7. The highest BCUT2D eigenvalue weighted by molar-refractivity contribution is 5.85. The Labute approximate surface area is 154 Å². The molecule has 0 bridgehead atoms. The molecule has 0 unspecified atom stereocenters. The third-order valence-corrected chi connectivity index (χ3v) is 3.87. The molecule has 0 heterocycles. The maximum absolute atomic E-state index is 11.8. The van der Waals surface area contributed by atoms with Crippen LogP contribution in [0.3, 0.4) is 0 Å². The minimum absolute atomic E-state index is 0.0714. The molecule has 0 aliphatic carbocycles. The van der Waals surface area contributed by atoms with Crippen LogP contribution in [0.25, 0.3) is 0 Å². The predicted octanol–water partition coefficient (Wildman–Crippen LogP) is 2.80. The maximum atomic E-state index is 11.8. The third kappa shape index (κ3) is 6.59. The van der Waals surface area contributed by atoms with Crippen LogP contribution in [0.2, 0.25) is 0 Å². The largest absolute Gasteiger partial charge is 0.484 e. The average Bonchev–Trinajstić information content (AvgIpc) is 2.63. The summed E-state index contributed by atoms with van der Waals surface area (Å²) in [6.07, 6.45) is 0. The number of carbonyl (C=O) groups excluding carboxylic acids is 2.